The molecule has 0 fully saturated rings. The van der Waals surface area contributed by atoms with Crippen LogP contribution < -0.4 is 5.32 Å². The molecule has 0 bridgehead atoms. The van der Waals surface area contributed by atoms with E-state index in [2.05, 4.69) is 5.32 Å². The van der Waals surface area contributed by atoms with Gasteiger partial charge in [0.2, 0.25) is 0 Å². The Hall–Kier alpha value is -1.77. The van der Waals surface area contributed by atoms with E-state index in [1.165, 1.54) is 6.92 Å². The smallest absolute Gasteiger partial charge is 0.395 e. The van der Waals surface area contributed by atoms with E-state index in [0.29, 0.717) is 6.07 Å². The normalized spacial score (nSPS) is 15.1. The van der Waals surface area contributed by atoms with E-state index in [9.17, 15) is 22.8 Å². The minimum Gasteiger partial charge on any atom is -0.395 e. The molecule has 5 nitrogen and oxygen atoms in total. The number of aliphatic hydroxyl groups excluding tert-OH is 1. The molecule has 2 rings (SSSR count). The van der Waals surface area contributed by atoms with Crippen LogP contribution in [-0.4, -0.2) is 35.0 Å². The summed E-state index contributed by atoms with van der Waals surface area (Å²) in [5.41, 5.74) is -1.74. The highest BCUT2D eigenvalue weighted by Gasteiger charge is 2.36. The molecule has 0 saturated carbocycles. The van der Waals surface area contributed by atoms with Crippen molar-refractivity contribution >= 4 is 40.7 Å². The maximum Gasteiger partial charge on any atom is 0.416 e. The van der Waals surface area contributed by atoms with Crippen LogP contribution in [0.1, 0.15) is 11.1 Å². The number of carbonyl (C=O) groups is 2. The van der Waals surface area contributed by atoms with Crippen molar-refractivity contribution < 1.29 is 27.9 Å². The molecule has 1 aromatic carbocycles. The fraction of sp³-hybridized carbons (Fsp3) is 0.286. The minimum absolute atomic E-state index is 0.205. The third kappa shape index (κ3) is 3.35. The van der Waals surface area contributed by atoms with Crippen molar-refractivity contribution in [1.29, 1.82) is 0 Å². The lowest BCUT2D eigenvalue weighted by Gasteiger charge is -2.19. The summed E-state index contributed by atoms with van der Waals surface area (Å²) < 4.78 is 39.2. The number of carbonyl (C=O) groups excluding carboxylic acids is 2. The number of nitrogens with zero attached hydrogens (tertiary/aromatic N) is 1. The molecule has 2 N–H and O–H groups in total. The maximum atomic E-state index is 13.1. The average molecular weight is 383 g/mol. The molecule has 0 aromatic heterocycles. The predicted molar refractivity (Wildman–Crippen MR) is 81.7 cm³/mol. The average Bonchev–Trinajstić information content (AvgIpc) is 2.74. The number of hydrogen-bond acceptors (Lipinski definition) is 4. The molecule has 10 heteroatoms. The number of benzene rings is 1. The lowest BCUT2D eigenvalue weighted by molar-refractivity contribution is -0.138. The third-order valence-electron chi connectivity index (χ3n) is 3.38. The molecule has 0 unspecified atom stereocenters. The first-order chi connectivity index (χ1) is 11.1. The number of anilines is 1. The van der Waals surface area contributed by atoms with Gasteiger partial charge in [0.15, 0.2) is 0 Å². The fourth-order valence-corrected chi connectivity index (χ4v) is 2.65. The summed E-state index contributed by atoms with van der Waals surface area (Å²) in [5.74, 6) is -1.47. The van der Waals surface area contributed by atoms with Crippen LogP contribution in [0.15, 0.2) is 17.8 Å². The van der Waals surface area contributed by atoms with Crippen molar-refractivity contribution in [2.75, 3.05) is 18.5 Å². The number of halogens is 5. The Morgan fingerprint density at radius 2 is 1.92 bits per heavy atom. The molecule has 1 aliphatic rings. The molecular formula is C14H11Cl2F3N2O3. The van der Waals surface area contributed by atoms with Crippen LogP contribution in [0.4, 0.5) is 18.9 Å². The summed E-state index contributed by atoms with van der Waals surface area (Å²) in [5, 5.41) is 10.7. The Morgan fingerprint density at radius 3 is 2.46 bits per heavy atom. The largest absolute Gasteiger partial charge is 0.416 e. The molecule has 130 valence electrons. The first-order valence-corrected chi connectivity index (χ1v) is 7.34. The topological polar surface area (TPSA) is 69.6 Å². The van der Waals surface area contributed by atoms with Crippen LogP contribution in [0.2, 0.25) is 10.0 Å². The van der Waals surface area contributed by atoms with E-state index in [1.54, 1.807) is 0 Å². The predicted octanol–water partition coefficient (Wildman–Crippen LogP) is 2.98. The van der Waals surface area contributed by atoms with Gasteiger partial charge in [0.05, 0.1) is 34.4 Å². The van der Waals surface area contributed by atoms with Crippen LogP contribution in [0, 0.1) is 6.92 Å². The highest BCUT2D eigenvalue weighted by atomic mass is 35.5. The summed E-state index contributed by atoms with van der Waals surface area (Å²) in [6, 6.07) is 0.693. The quantitative estimate of drug-likeness (QED) is 0.785. The second kappa shape index (κ2) is 6.62. The number of amides is 2. The molecule has 24 heavy (non-hydrogen) atoms. The Labute approximate surface area is 144 Å². The van der Waals surface area contributed by atoms with Crippen LogP contribution >= 0.6 is 23.2 Å². The standard InChI is InChI=1S/C14H11Cl2F3N2O3/c1-6-7(14(17,18)19)4-8(15)11(16)12(6)20-9-5-10(23)21(2-3-22)13(9)24/h4-5,20,22H,2-3H2,1H3. The number of rotatable bonds is 4. The van der Waals surface area contributed by atoms with E-state index < -0.39 is 30.2 Å². The van der Waals surface area contributed by atoms with Crippen LogP contribution in [-0.2, 0) is 15.8 Å². The molecule has 0 saturated heterocycles. The van der Waals surface area contributed by atoms with Crippen LogP contribution in [0.5, 0.6) is 0 Å². The van der Waals surface area contributed by atoms with Gasteiger partial charge in [-0.2, -0.15) is 13.2 Å². The number of β-amino-alcohol motifs (C(OH)–C–C–N with tert-alkyl or cyclic N) is 1. The van der Waals surface area contributed by atoms with Gasteiger partial charge in [-0.25, -0.2) is 0 Å². The van der Waals surface area contributed by atoms with Crippen molar-refractivity contribution in [3.63, 3.8) is 0 Å². The van der Waals surface area contributed by atoms with Gasteiger partial charge in [-0.05, 0) is 18.6 Å². The van der Waals surface area contributed by atoms with Gasteiger partial charge in [-0.15, -0.1) is 0 Å². The van der Waals surface area contributed by atoms with Gasteiger partial charge >= 0.3 is 6.18 Å². The van der Waals surface area contributed by atoms with E-state index in [1.807, 2.05) is 0 Å². The number of aliphatic hydroxyl groups is 1. The Morgan fingerprint density at radius 1 is 1.29 bits per heavy atom. The van der Waals surface area contributed by atoms with Crippen molar-refractivity contribution in [2.45, 2.75) is 13.1 Å². The highest BCUT2D eigenvalue weighted by molar-refractivity contribution is 6.44. The maximum absolute atomic E-state index is 13.1. The Bertz CT molecular complexity index is 748. The van der Waals surface area contributed by atoms with Gasteiger partial charge in [0.1, 0.15) is 5.70 Å². The van der Waals surface area contributed by atoms with E-state index >= 15 is 0 Å². The number of alkyl halides is 3. The minimum atomic E-state index is -4.67. The highest BCUT2D eigenvalue weighted by Crippen LogP contribution is 2.42. The van der Waals surface area contributed by atoms with Gasteiger partial charge < -0.3 is 10.4 Å². The molecule has 0 atom stereocenters. The summed E-state index contributed by atoms with van der Waals surface area (Å²) >= 11 is 11.7. The Balaban J connectivity index is 2.44. The van der Waals surface area contributed by atoms with Crippen molar-refractivity contribution in [3.05, 3.63) is 39.0 Å². The second-order valence-electron chi connectivity index (χ2n) is 4.92. The first kappa shape index (κ1) is 18.6. The summed E-state index contributed by atoms with van der Waals surface area (Å²) in [4.78, 5) is 24.5. The lowest BCUT2D eigenvalue weighted by atomic mass is 10.1. The number of imide groups is 1. The van der Waals surface area contributed by atoms with Crippen molar-refractivity contribution in [1.82, 2.24) is 4.90 Å². The first-order valence-electron chi connectivity index (χ1n) is 6.59. The Kier molecular flexibility index (Phi) is 5.12. The molecule has 0 spiro atoms. The monoisotopic (exact) mass is 382 g/mol. The fourth-order valence-electron chi connectivity index (χ4n) is 2.20. The van der Waals surface area contributed by atoms with Crippen LogP contribution in [0.25, 0.3) is 0 Å². The van der Waals surface area contributed by atoms with Crippen molar-refractivity contribution in [3.8, 4) is 0 Å². The van der Waals surface area contributed by atoms with E-state index in [4.69, 9.17) is 28.3 Å². The zero-order valence-corrected chi connectivity index (χ0v) is 13.7. The van der Waals surface area contributed by atoms with Gasteiger partial charge in [-0.3, -0.25) is 14.5 Å². The molecule has 0 radical (unpaired) electrons. The van der Waals surface area contributed by atoms with Gasteiger partial charge in [0, 0.05) is 6.08 Å². The molecule has 2 amide bonds. The summed E-state index contributed by atoms with van der Waals surface area (Å²) in [7, 11) is 0. The summed E-state index contributed by atoms with van der Waals surface area (Å²) in [6.07, 6.45) is -3.75. The zero-order valence-electron chi connectivity index (χ0n) is 12.2. The second-order valence-corrected chi connectivity index (χ2v) is 5.70. The molecule has 0 aliphatic carbocycles. The van der Waals surface area contributed by atoms with Crippen LogP contribution in [0.3, 0.4) is 0 Å². The van der Waals surface area contributed by atoms with Gasteiger partial charge in [-0.1, -0.05) is 23.2 Å². The van der Waals surface area contributed by atoms with E-state index in [-0.39, 0.29) is 33.5 Å². The number of hydrogen-bond donors (Lipinski definition) is 2. The lowest BCUT2D eigenvalue weighted by Crippen LogP contribution is -2.34. The molecule has 1 heterocycles. The molecular weight excluding hydrogens is 372 g/mol. The van der Waals surface area contributed by atoms with Gasteiger partial charge in [0.25, 0.3) is 11.8 Å². The molecule has 1 aromatic rings. The summed E-state index contributed by atoms with van der Waals surface area (Å²) in [6.45, 7) is 0.504. The zero-order chi connectivity index (χ0) is 18.2. The SMILES string of the molecule is Cc1c(C(F)(F)F)cc(Cl)c(Cl)c1NC1=CC(=O)N(CCO)C1=O. The van der Waals surface area contributed by atoms with Crippen molar-refractivity contribution in [2.24, 2.45) is 0 Å². The van der Waals surface area contributed by atoms with E-state index in [0.717, 1.165) is 11.0 Å². The number of nitrogens with one attached hydrogen (secondary N) is 1. The third-order valence-corrected chi connectivity index (χ3v) is 4.16. The molecule has 1 aliphatic heterocycles.